The van der Waals surface area contributed by atoms with Gasteiger partial charge in [0.05, 0.1) is 19.3 Å². The Bertz CT molecular complexity index is 753. The lowest BCUT2D eigenvalue weighted by molar-refractivity contribution is -0.137. The van der Waals surface area contributed by atoms with Gasteiger partial charge in [0.15, 0.2) is 0 Å². The molecule has 0 radical (unpaired) electrons. The molecule has 1 aliphatic heterocycles. The highest BCUT2D eigenvalue weighted by Crippen LogP contribution is 2.20. The molecule has 1 saturated heterocycles. The fourth-order valence-corrected chi connectivity index (χ4v) is 2.56. The van der Waals surface area contributed by atoms with Crippen LogP contribution in [0.25, 0.3) is 11.5 Å². The predicted octanol–water partition coefficient (Wildman–Crippen LogP) is 2.07. The summed E-state index contributed by atoms with van der Waals surface area (Å²) >= 11 is 5.85. The zero-order valence-electron chi connectivity index (χ0n) is 12.8. The Hall–Kier alpha value is -2.43. The standard InChI is InChI=1S/C16H15ClN4O3/c17-12-3-1-11(2-4-12)16-20-19-14(24-16)5-6-15(22)21-7-8-23-10-13(21)9-18/h1-4,13H,5-8,10H2. The van der Waals surface area contributed by atoms with E-state index in [0.29, 0.717) is 36.4 Å². The van der Waals surface area contributed by atoms with Crippen LogP contribution in [0.3, 0.4) is 0 Å². The molecule has 1 aliphatic rings. The van der Waals surface area contributed by atoms with E-state index < -0.39 is 6.04 Å². The second kappa shape index (κ2) is 7.43. The van der Waals surface area contributed by atoms with Crippen LogP contribution in [0.15, 0.2) is 28.7 Å². The minimum atomic E-state index is -0.529. The number of aromatic nitrogens is 2. The number of hydrogen-bond donors (Lipinski definition) is 0. The van der Waals surface area contributed by atoms with E-state index in [1.165, 1.54) is 0 Å². The average Bonchev–Trinajstić information content (AvgIpc) is 3.09. The van der Waals surface area contributed by atoms with Gasteiger partial charge >= 0.3 is 0 Å². The molecule has 1 unspecified atom stereocenters. The molecule has 8 heteroatoms. The molecule has 1 fully saturated rings. The van der Waals surface area contributed by atoms with Crippen molar-refractivity contribution >= 4 is 17.5 Å². The van der Waals surface area contributed by atoms with Crippen molar-refractivity contribution in [2.24, 2.45) is 0 Å². The van der Waals surface area contributed by atoms with E-state index in [1.807, 2.05) is 0 Å². The molecule has 0 N–H and O–H groups in total. The summed E-state index contributed by atoms with van der Waals surface area (Å²) in [7, 11) is 0. The lowest BCUT2D eigenvalue weighted by Crippen LogP contribution is -2.48. The first kappa shape index (κ1) is 16.4. The van der Waals surface area contributed by atoms with Gasteiger partial charge in [0, 0.05) is 30.0 Å². The van der Waals surface area contributed by atoms with Crippen LogP contribution in [-0.2, 0) is 16.0 Å². The van der Waals surface area contributed by atoms with Crippen molar-refractivity contribution in [1.29, 1.82) is 5.26 Å². The molecule has 1 amide bonds. The number of rotatable bonds is 4. The summed E-state index contributed by atoms with van der Waals surface area (Å²) in [6, 6.07) is 8.61. The zero-order chi connectivity index (χ0) is 16.9. The number of ether oxygens (including phenoxy) is 1. The summed E-state index contributed by atoms with van der Waals surface area (Å²) in [5, 5.41) is 17.6. The summed E-state index contributed by atoms with van der Waals surface area (Å²) in [6.45, 7) is 1.13. The van der Waals surface area contributed by atoms with Crippen LogP contribution in [0.1, 0.15) is 12.3 Å². The number of benzene rings is 1. The second-order valence-corrected chi connectivity index (χ2v) is 5.75. The third kappa shape index (κ3) is 3.72. The van der Waals surface area contributed by atoms with Crippen LogP contribution in [0, 0.1) is 11.3 Å². The largest absolute Gasteiger partial charge is 0.421 e. The van der Waals surface area contributed by atoms with Crippen molar-refractivity contribution < 1.29 is 13.9 Å². The Kier molecular flexibility index (Phi) is 5.08. The highest BCUT2D eigenvalue weighted by atomic mass is 35.5. The molecule has 3 rings (SSSR count). The lowest BCUT2D eigenvalue weighted by atomic mass is 10.2. The van der Waals surface area contributed by atoms with Crippen molar-refractivity contribution in [2.45, 2.75) is 18.9 Å². The lowest BCUT2D eigenvalue weighted by Gasteiger charge is -2.31. The SMILES string of the molecule is N#CC1COCCN1C(=O)CCc1nnc(-c2ccc(Cl)cc2)o1. The van der Waals surface area contributed by atoms with Crippen LogP contribution >= 0.6 is 11.6 Å². The Morgan fingerprint density at radius 2 is 2.17 bits per heavy atom. The molecule has 2 aromatic rings. The highest BCUT2D eigenvalue weighted by molar-refractivity contribution is 6.30. The number of halogens is 1. The number of carbonyl (C=O) groups excluding carboxylic acids is 1. The second-order valence-electron chi connectivity index (χ2n) is 5.31. The first-order chi connectivity index (χ1) is 11.7. The van der Waals surface area contributed by atoms with Gasteiger partial charge in [-0.1, -0.05) is 11.6 Å². The van der Waals surface area contributed by atoms with Gasteiger partial charge < -0.3 is 14.1 Å². The summed E-state index contributed by atoms with van der Waals surface area (Å²) in [6.07, 6.45) is 0.537. The van der Waals surface area contributed by atoms with Crippen LogP contribution in [-0.4, -0.2) is 46.8 Å². The van der Waals surface area contributed by atoms with Crippen LogP contribution in [0.4, 0.5) is 0 Å². The molecule has 24 heavy (non-hydrogen) atoms. The van der Waals surface area contributed by atoms with E-state index in [1.54, 1.807) is 29.2 Å². The number of aryl methyl sites for hydroxylation is 1. The van der Waals surface area contributed by atoms with Gasteiger partial charge in [-0.05, 0) is 24.3 Å². The van der Waals surface area contributed by atoms with Gasteiger partial charge in [0.1, 0.15) is 6.04 Å². The third-order valence-corrected chi connectivity index (χ3v) is 3.96. The summed E-state index contributed by atoms with van der Waals surface area (Å²) in [5.41, 5.74) is 0.766. The molecule has 1 atom stereocenters. The highest BCUT2D eigenvalue weighted by Gasteiger charge is 2.27. The average molecular weight is 347 g/mol. The maximum Gasteiger partial charge on any atom is 0.247 e. The van der Waals surface area contributed by atoms with Crippen LogP contribution in [0.5, 0.6) is 0 Å². The van der Waals surface area contributed by atoms with Crippen molar-refractivity contribution in [2.75, 3.05) is 19.8 Å². The topological polar surface area (TPSA) is 92.2 Å². The van der Waals surface area contributed by atoms with Crippen LogP contribution < -0.4 is 0 Å². The Balaban J connectivity index is 1.60. The maximum absolute atomic E-state index is 12.3. The van der Waals surface area contributed by atoms with Gasteiger partial charge in [0.2, 0.25) is 17.7 Å². The fourth-order valence-electron chi connectivity index (χ4n) is 2.43. The fraction of sp³-hybridized carbons (Fsp3) is 0.375. The van der Waals surface area contributed by atoms with Gasteiger partial charge in [-0.3, -0.25) is 4.79 Å². The number of nitriles is 1. The van der Waals surface area contributed by atoms with Gasteiger partial charge in [0.25, 0.3) is 0 Å². The van der Waals surface area contributed by atoms with E-state index in [-0.39, 0.29) is 18.9 Å². The number of hydrogen-bond acceptors (Lipinski definition) is 6. The molecule has 0 spiro atoms. The molecule has 1 aromatic heterocycles. The molecular formula is C16H15ClN4O3. The molecule has 0 saturated carbocycles. The van der Waals surface area contributed by atoms with Gasteiger partial charge in [-0.2, -0.15) is 5.26 Å². The maximum atomic E-state index is 12.3. The van der Waals surface area contributed by atoms with Crippen molar-refractivity contribution in [3.8, 4) is 17.5 Å². The van der Waals surface area contributed by atoms with Crippen LogP contribution in [0.2, 0.25) is 5.02 Å². The molecule has 124 valence electrons. The normalized spacial score (nSPS) is 17.5. The molecule has 2 heterocycles. The van der Waals surface area contributed by atoms with Gasteiger partial charge in [-0.25, -0.2) is 0 Å². The Labute approximate surface area is 143 Å². The monoisotopic (exact) mass is 346 g/mol. The molecule has 0 aliphatic carbocycles. The van der Waals surface area contributed by atoms with Crippen molar-refractivity contribution in [3.63, 3.8) is 0 Å². The molecular weight excluding hydrogens is 332 g/mol. The predicted molar refractivity (Wildman–Crippen MR) is 85.0 cm³/mol. The third-order valence-electron chi connectivity index (χ3n) is 3.71. The quantitative estimate of drug-likeness (QED) is 0.841. The minimum absolute atomic E-state index is 0.115. The minimum Gasteiger partial charge on any atom is -0.421 e. The number of morpholine rings is 1. The number of carbonyl (C=O) groups is 1. The Morgan fingerprint density at radius 3 is 2.92 bits per heavy atom. The van der Waals surface area contributed by atoms with Crippen molar-refractivity contribution in [3.05, 3.63) is 35.2 Å². The van der Waals surface area contributed by atoms with E-state index in [9.17, 15) is 4.79 Å². The van der Waals surface area contributed by atoms with E-state index in [2.05, 4.69) is 16.3 Å². The van der Waals surface area contributed by atoms with Gasteiger partial charge in [-0.15, -0.1) is 10.2 Å². The summed E-state index contributed by atoms with van der Waals surface area (Å²) in [4.78, 5) is 13.8. The summed E-state index contributed by atoms with van der Waals surface area (Å²) < 4.78 is 10.8. The first-order valence-corrected chi connectivity index (χ1v) is 7.90. The van der Waals surface area contributed by atoms with Crippen molar-refractivity contribution in [1.82, 2.24) is 15.1 Å². The van der Waals surface area contributed by atoms with E-state index >= 15 is 0 Å². The first-order valence-electron chi connectivity index (χ1n) is 7.52. The Morgan fingerprint density at radius 1 is 1.38 bits per heavy atom. The van der Waals surface area contributed by atoms with E-state index in [0.717, 1.165) is 5.56 Å². The smallest absolute Gasteiger partial charge is 0.247 e. The number of nitrogens with zero attached hydrogens (tertiary/aromatic N) is 4. The molecule has 0 bridgehead atoms. The van der Waals surface area contributed by atoms with E-state index in [4.69, 9.17) is 26.0 Å². The summed E-state index contributed by atoms with van der Waals surface area (Å²) in [5.74, 6) is 0.654. The number of amides is 1. The molecule has 1 aromatic carbocycles. The zero-order valence-corrected chi connectivity index (χ0v) is 13.6. The molecule has 7 nitrogen and oxygen atoms in total.